The highest BCUT2D eigenvalue weighted by atomic mass is 35.5. The summed E-state index contributed by atoms with van der Waals surface area (Å²) in [6, 6.07) is 3.94. The number of piperazine rings is 1. The van der Waals surface area contributed by atoms with Crippen molar-refractivity contribution in [1.29, 1.82) is 0 Å². The summed E-state index contributed by atoms with van der Waals surface area (Å²) < 4.78 is 22.7. The Morgan fingerprint density at radius 3 is 2.39 bits per heavy atom. The Balaban J connectivity index is 1.36. The third-order valence-corrected chi connectivity index (χ3v) is 8.87. The van der Waals surface area contributed by atoms with Crippen molar-refractivity contribution in [3.05, 3.63) is 33.8 Å². The van der Waals surface area contributed by atoms with Gasteiger partial charge in [-0.2, -0.15) is 0 Å². The molecule has 2 unspecified atom stereocenters. The predicted octanol–water partition coefficient (Wildman–Crippen LogP) is 3.27. The van der Waals surface area contributed by atoms with Crippen LogP contribution in [0.1, 0.15) is 49.3 Å². The van der Waals surface area contributed by atoms with Crippen LogP contribution in [0.4, 0.5) is 0 Å². The van der Waals surface area contributed by atoms with Gasteiger partial charge >= 0.3 is 0 Å². The van der Waals surface area contributed by atoms with E-state index in [1.165, 1.54) is 6.42 Å². The van der Waals surface area contributed by atoms with E-state index in [0.29, 0.717) is 10.9 Å². The summed E-state index contributed by atoms with van der Waals surface area (Å²) in [5.74, 6) is 2.00. The second kappa shape index (κ2) is 9.67. The lowest BCUT2D eigenvalue weighted by Crippen LogP contribution is -2.55. The molecule has 1 aliphatic heterocycles. The first-order valence-electron chi connectivity index (χ1n) is 12.0. The number of fused-ring (bicyclic) bond motifs is 1. The van der Waals surface area contributed by atoms with E-state index < -0.39 is 9.84 Å². The number of ketones is 1. The Kier molecular flexibility index (Phi) is 7.23. The van der Waals surface area contributed by atoms with Crippen LogP contribution >= 0.6 is 11.6 Å². The first kappa shape index (κ1) is 24.7. The van der Waals surface area contributed by atoms with E-state index in [0.717, 1.165) is 73.8 Å². The molecular formula is C25H35ClN2O4S. The van der Waals surface area contributed by atoms with Gasteiger partial charge in [0.2, 0.25) is 5.91 Å². The number of hydrogen-bond donors (Lipinski definition) is 0. The second-order valence-electron chi connectivity index (χ2n) is 10.5. The van der Waals surface area contributed by atoms with Crippen LogP contribution in [0, 0.1) is 24.7 Å². The van der Waals surface area contributed by atoms with Crippen LogP contribution < -0.4 is 0 Å². The fourth-order valence-electron chi connectivity index (χ4n) is 5.64. The molecule has 0 bridgehead atoms. The van der Waals surface area contributed by atoms with Crippen LogP contribution in [0.5, 0.6) is 0 Å². The minimum absolute atomic E-state index is 0.0239. The predicted molar refractivity (Wildman–Crippen MR) is 130 cm³/mol. The van der Waals surface area contributed by atoms with Gasteiger partial charge < -0.3 is 4.90 Å². The quantitative estimate of drug-likeness (QED) is 0.554. The highest BCUT2D eigenvalue weighted by Gasteiger charge is 2.49. The Bertz CT molecular complexity index is 1030. The van der Waals surface area contributed by atoms with Gasteiger partial charge in [0.25, 0.3) is 0 Å². The molecule has 1 saturated heterocycles. The summed E-state index contributed by atoms with van der Waals surface area (Å²) in [6.45, 7) is 7.25. The summed E-state index contributed by atoms with van der Waals surface area (Å²) in [7, 11) is -3.16. The largest absolute Gasteiger partial charge is 0.337 e. The van der Waals surface area contributed by atoms with E-state index in [4.69, 9.17) is 11.6 Å². The van der Waals surface area contributed by atoms with Crippen LogP contribution in [0.15, 0.2) is 12.1 Å². The van der Waals surface area contributed by atoms with Crippen molar-refractivity contribution < 1.29 is 18.0 Å². The average molecular weight is 495 g/mol. The Morgan fingerprint density at radius 2 is 1.76 bits per heavy atom. The first-order valence-corrected chi connectivity index (χ1v) is 14.4. The topological polar surface area (TPSA) is 74.8 Å². The molecule has 2 aliphatic carbocycles. The van der Waals surface area contributed by atoms with Crippen molar-refractivity contribution in [2.45, 2.75) is 58.5 Å². The summed E-state index contributed by atoms with van der Waals surface area (Å²) >= 11 is 6.38. The number of sulfone groups is 1. The molecule has 2 saturated carbocycles. The van der Waals surface area contributed by atoms with Gasteiger partial charge in [-0.3, -0.25) is 14.5 Å². The third-order valence-electron chi connectivity index (χ3n) is 7.71. The van der Waals surface area contributed by atoms with Gasteiger partial charge in [0.05, 0.1) is 5.75 Å². The number of hydrogen-bond acceptors (Lipinski definition) is 5. The summed E-state index contributed by atoms with van der Waals surface area (Å²) in [6.07, 6.45) is 4.87. The van der Waals surface area contributed by atoms with Gasteiger partial charge in [-0.15, -0.1) is 0 Å². The summed E-state index contributed by atoms with van der Waals surface area (Å²) in [4.78, 5) is 29.8. The van der Waals surface area contributed by atoms with E-state index in [-0.39, 0.29) is 36.3 Å². The van der Waals surface area contributed by atoms with E-state index in [1.54, 1.807) is 0 Å². The van der Waals surface area contributed by atoms with E-state index in [1.807, 2.05) is 19.1 Å². The Morgan fingerprint density at radius 1 is 1.09 bits per heavy atom. The average Bonchev–Trinajstić information content (AvgIpc) is 3.34. The number of amides is 1. The summed E-state index contributed by atoms with van der Waals surface area (Å²) in [5.41, 5.74) is 2.97. The fourth-order valence-corrected chi connectivity index (χ4v) is 6.50. The molecule has 1 aromatic rings. The highest BCUT2D eigenvalue weighted by Crippen LogP contribution is 2.54. The zero-order chi connectivity index (χ0) is 23.9. The van der Waals surface area contributed by atoms with Gasteiger partial charge in [-0.25, -0.2) is 8.42 Å². The SMILES string of the molecule is Cc1c(CC(=O)CCS(C)(=O)=O)cc(Cl)cc1CN1CCN(C(=O)C2CC3CC3C2)[C@@H](C)C1. The molecule has 182 valence electrons. The lowest BCUT2D eigenvalue weighted by atomic mass is 9.96. The molecule has 0 aromatic heterocycles. The van der Waals surface area contributed by atoms with Crippen molar-refractivity contribution >= 4 is 33.1 Å². The van der Waals surface area contributed by atoms with E-state index in [2.05, 4.69) is 16.7 Å². The second-order valence-corrected chi connectivity index (χ2v) is 13.2. The van der Waals surface area contributed by atoms with Gasteiger partial charge in [0.15, 0.2) is 0 Å². The molecule has 6 nitrogen and oxygen atoms in total. The molecule has 1 amide bonds. The van der Waals surface area contributed by atoms with E-state index in [9.17, 15) is 18.0 Å². The minimum atomic E-state index is -3.16. The molecule has 3 atom stereocenters. The summed E-state index contributed by atoms with van der Waals surface area (Å²) in [5, 5.41) is 0.586. The van der Waals surface area contributed by atoms with Crippen LogP contribution in [0.2, 0.25) is 5.02 Å². The minimum Gasteiger partial charge on any atom is -0.337 e. The molecule has 33 heavy (non-hydrogen) atoms. The number of carbonyl (C=O) groups excluding carboxylic acids is 2. The van der Waals surface area contributed by atoms with Crippen molar-refractivity contribution in [3.8, 4) is 0 Å². The Hall–Kier alpha value is -1.44. The lowest BCUT2D eigenvalue weighted by molar-refractivity contribution is -0.140. The zero-order valence-electron chi connectivity index (χ0n) is 19.8. The molecule has 1 aromatic carbocycles. The maximum atomic E-state index is 13.0. The fraction of sp³-hybridized carbons (Fsp3) is 0.680. The van der Waals surface area contributed by atoms with Gasteiger partial charge in [-0.05, 0) is 73.8 Å². The zero-order valence-corrected chi connectivity index (χ0v) is 21.4. The first-order chi connectivity index (χ1) is 15.5. The smallest absolute Gasteiger partial charge is 0.226 e. The molecule has 3 aliphatic rings. The molecule has 4 rings (SSSR count). The van der Waals surface area contributed by atoms with Crippen LogP contribution in [-0.2, 0) is 32.4 Å². The number of nitrogens with zero attached hydrogens (tertiary/aromatic N) is 2. The monoisotopic (exact) mass is 494 g/mol. The van der Waals surface area contributed by atoms with Crippen molar-refractivity contribution in [3.63, 3.8) is 0 Å². The standard InChI is InChI=1S/C25H35ClN2O4S/c1-16-14-27(5-6-28(16)25(30)21-9-19-8-20(19)10-21)15-22-12-23(26)11-18(17(22)2)13-24(29)4-7-33(3,31)32/h11-12,16,19-21H,4-10,13-15H2,1-3H3/t16-,19?,20?,21?/m0/s1. The maximum absolute atomic E-state index is 13.0. The number of rotatable bonds is 8. The number of Topliss-reactive ketones (excluding diaryl/α,β-unsaturated/α-hetero) is 1. The molecule has 8 heteroatoms. The normalized spacial score (nSPS) is 27.5. The molecular weight excluding hydrogens is 460 g/mol. The Labute approximate surface area is 202 Å². The highest BCUT2D eigenvalue weighted by molar-refractivity contribution is 7.90. The van der Waals surface area contributed by atoms with Gasteiger partial charge in [-0.1, -0.05) is 11.6 Å². The van der Waals surface area contributed by atoms with Crippen LogP contribution in [-0.4, -0.2) is 67.6 Å². The maximum Gasteiger partial charge on any atom is 0.226 e. The van der Waals surface area contributed by atoms with E-state index >= 15 is 0 Å². The molecule has 0 spiro atoms. The number of benzene rings is 1. The van der Waals surface area contributed by atoms with Crippen molar-refractivity contribution in [2.75, 3.05) is 31.6 Å². The van der Waals surface area contributed by atoms with Gasteiger partial charge in [0.1, 0.15) is 15.6 Å². The van der Waals surface area contributed by atoms with Crippen LogP contribution in [0.25, 0.3) is 0 Å². The molecule has 1 heterocycles. The third kappa shape index (κ3) is 6.17. The van der Waals surface area contributed by atoms with Crippen LogP contribution in [0.3, 0.4) is 0 Å². The van der Waals surface area contributed by atoms with Crippen molar-refractivity contribution in [2.24, 2.45) is 17.8 Å². The molecule has 0 radical (unpaired) electrons. The number of carbonyl (C=O) groups is 2. The van der Waals surface area contributed by atoms with Gasteiger partial charge in [0, 0.05) is 62.3 Å². The lowest BCUT2D eigenvalue weighted by Gasteiger charge is -2.41. The molecule has 0 N–H and O–H groups in total. The number of halogens is 1. The van der Waals surface area contributed by atoms with Crippen molar-refractivity contribution in [1.82, 2.24) is 9.80 Å². The molecule has 3 fully saturated rings.